The van der Waals surface area contributed by atoms with Crippen molar-refractivity contribution >= 4 is 33.7 Å². The van der Waals surface area contributed by atoms with Gasteiger partial charge in [0.15, 0.2) is 5.13 Å². The summed E-state index contributed by atoms with van der Waals surface area (Å²) in [5.41, 5.74) is 0. The van der Waals surface area contributed by atoms with Gasteiger partial charge in [-0.2, -0.15) is 0 Å². The van der Waals surface area contributed by atoms with Crippen molar-refractivity contribution in [1.82, 2.24) is 14.9 Å². The van der Waals surface area contributed by atoms with Crippen LogP contribution in [0, 0.1) is 12.8 Å². The molecule has 0 radical (unpaired) electrons. The smallest absolute Gasteiger partial charge is 0.223 e. The van der Waals surface area contributed by atoms with E-state index in [4.69, 9.17) is 0 Å². The number of aromatic nitrogens is 2. The van der Waals surface area contributed by atoms with Gasteiger partial charge in [0.2, 0.25) is 5.91 Å². The molecule has 124 valence electrons. The number of thiazole rings is 2. The highest BCUT2D eigenvalue weighted by Gasteiger charge is 2.21. The highest BCUT2D eigenvalue weighted by molar-refractivity contribution is 7.15. The normalized spacial score (nSPS) is 19.0. The number of carbonyl (C=O) groups excluding carboxylic acids is 1. The molecule has 3 heterocycles. The Balaban J connectivity index is 1.54. The van der Waals surface area contributed by atoms with Crippen LogP contribution in [0.25, 0.3) is 0 Å². The zero-order chi connectivity index (χ0) is 16.2. The number of likely N-dealkylation sites (tertiary alicyclic amines) is 1. The lowest BCUT2D eigenvalue weighted by molar-refractivity contribution is -0.114. The van der Waals surface area contributed by atoms with E-state index in [2.05, 4.69) is 27.1 Å². The van der Waals surface area contributed by atoms with Crippen molar-refractivity contribution in [3.05, 3.63) is 27.2 Å². The molecule has 23 heavy (non-hydrogen) atoms. The minimum atomic E-state index is -0.0670. The molecular weight excluding hydrogens is 328 g/mol. The van der Waals surface area contributed by atoms with Gasteiger partial charge in [-0.15, -0.1) is 22.7 Å². The van der Waals surface area contributed by atoms with Crippen LogP contribution in [0.4, 0.5) is 5.13 Å². The summed E-state index contributed by atoms with van der Waals surface area (Å²) in [6, 6.07) is 0. The molecule has 2 aromatic heterocycles. The summed E-state index contributed by atoms with van der Waals surface area (Å²) in [6.07, 6.45) is 7.47. The maximum Gasteiger partial charge on any atom is 0.223 e. The summed E-state index contributed by atoms with van der Waals surface area (Å²) in [5, 5.41) is 4.71. The number of hydrogen-bond acceptors (Lipinski definition) is 6. The van der Waals surface area contributed by atoms with Crippen LogP contribution < -0.4 is 5.32 Å². The van der Waals surface area contributed by atoms with Crippen LogP contribution in [0.2, 0.25) is 0 Å². The first-order valence-corrected chi connectivity index (χ1v) is 9.58. The van der Waals surface area contributed by atoms with Crippen molar-refractivity contribution in [3.8, 4) is 0 Å². The van der Waals surface area contributed by atoms with Gasteiger partial charge in [0.1, 0.15) is 0 Å². The van der Waals surface area contributed by atoms with Crippen molar-refractivity contribution in [2.45, 2.75) is 39.7 Å². The van der Waals surface area contributed by atoms with E-state index in [1.54, 1.807) is 11.3 Å². The fourth-order valence-electron chi connectivity index (χ4n) is 3.01. The van der Waals surface area contributed by atoms with Crippen LogP contribution in [-0.4, -0.2) is 33.9 Å². The molecule has 0 saturated carbocycles. The van der Waals surface area contributed by atoms with Crippen LogP contribution in [0.5, 0.6) is 0 Å². The number of rotatable bonds is 5. The number of amides is 1. The maximum atomic E-state index is 11.1. The fraction of sp³-hybridized carbons (Fsp3) is 0.562. The van der Waals surface area contributed by atoms with Gasteiger partial charge < -0.3 is 5.32 Å². The Hall–Kier alpha value is -1.31. The predicted octanol–water partition coefficient (Wildman–Crippen LogP) is 3.32. The molecule has 0 spiro atoms. The molecule has 7 heteroatoms. The van der Waals surface area contributed by atoms with E-state index in [1.165, 1.54) is 34.5 Å². The third-order valence-corrected chi connectivity index (χ3v) is 5.78. The Morgan fingerprint density at radius 1 is 1.39 bits per heavy atom. The van der Waals surface area contributed by atoms with Crippen molar-refractivity contribution in [3.63, 3.8) is 0 Å². The quantitative estimate of drug-likeness (QED) is 0.899. The maximum absolute atomic E-state index is 11.1. The summed E-state index contributed by atoms with van der Waals surface area (Å²) in [5.74, 6) is 0.625. The molecule has 1 saturated heterocycles. The third-order valence-electron chi connectivity index (χ3n) is 3.95. The Labute approximate surface area is 144 Å². The highest BCUT2D eigenvalue weighted by Crippen LogP contribution is 2.26. The molecular formula is C16H22N4OS2. The second-order valence-corrected chi connectivity index (χ2v) is 8.56. The monoisotopic (exact) mass is 350 g/mol. The van der Waals surface area contributed by atoms with E-state index in [1.807, 2.05) is 23.7 Å². The number of nitrogens with zero attached hydrogens (tertiary/aromatic N) is 3. The minimum Gasteiger partial charge on any atom is -0.302 e. The van der Waals surface area contributed by atoms with Crippen LogP contribution >= 0.6 is 22.7 Å². The third kappa shape index (κ3) is 4.83. The van der Waals surface area contributed by atoms with Crippen molar-refractivity contribution in [1.29, 1.82) is 0 Å². The topological polar surface area (TPSA) is 58.1 Å². The molecule has 0 aliphatic carbocycles. The van der Waals surface area contributed by atoms with E-state index in [0.29, 0.717) is 11.0 Å². The summed E-state index contributed by atoms with van der Waals surface area (Å²) >= 11 is 3.39. The summed E-state index contributed by atoms with van der Waals surface area (Å²) < 4.78 is 0. The van der Waals surface area contributed by atoms with E-state index >= 15 is 0 Å². The first-order chi connectivity index (χ1) is 11.1. The lowest BCUT2D eigenvalue weighted by Crippen LogP contribution is -2.35. The Kier molecular flexibility index (Phi) is 5.40. The molecule has 2 aromatic rings. The summed E-state index contributed by atoms with van der Waals surface area (Å²) in [4.78, 5) is 24.8. The molecule has 1 N–H and O–H groups in total. The Bertz CT molecular complexity index is 667. The zero-order valence-electron chi connectivity index (χ0n) is 13.5. The second kappa shape index (κ2) is 7.51. The van der Waals surface area contributed by atoms with E-state index in [-0.39, 0.29) is 5.91 Å². The molecule has 3 rings (SSSR count). The van der Waals surface area contributed by atoms with Crippen molar-refractivity contribution < 1.29 is 4.79 Å². The zero-order valence-corrected chi connectivity index (χ0v) is 15.2. The average molecular weight is 351 g/mol. The standard InChI is InChI=1S/C16H22N4OS2/c1-11-7-17-15(22-11)6-13-4-3-5-20(9-13)10-14-8-18-16(23-14)19-12(2)21/h7-8,13H,3-6,9-10H2,1-2H3,(H,18,19,21). The van der Waals surface area contributed by atoms with Gasteiger partial charge in [0.05, 0.1) is 5.01 Å². The van der Waals surface area contributed by atoms with E-state index in [0.717, 1.165) is 26.1 Å². The Morgan fingerprint density at radius 2 is 2.26 bits per heavy atom. The van der Waals surface area contributed by atoms with Crippen LogP contribution in [0.1, 0.15) is 34.5 Å². The summed E-state index contributed by atoms with van der Waals surface area (Å²) in [7, 11) is 0. The molecule has 1 fully saturated rings. The van der Waals surface area contributed by atoms with Gasteiger partial charge in [-0.3, -0.25) is 9.69 Å². The number of piperidine rings is 1. The molecule has 0 aromatic carbocycles. The molecule has 1 unspecified atom stereocenters. The molecule has 1 atom stereocenters. The first kappa shape index (κ1) is 16.5. The first-order valence-electron chi connectivity index (χ1n) is 7.94. The largest absolute Gasteiger partial charge is 0.302 e. The average Bonchev–Trinajstić information content (AvgIpc) is 3.08. The number of carbonyl (C=O) groups is 1. The van der Waals surface area contributed by atoms with Gasteiger partial charge in [-0.25, -0.2) is 9.97 Å². The van der Waals surface area contributed by atoms with Gasteiger partial charge in [0, 0.05) is 48.6 Å². The van der Waals surface area contributed by atoms with E-state index in [9.17, 15) is 4.79 Å². The second-order valence-electron chi connectivity index (χ2n) is 6.13. The van der Waals surface area contributed by atoms with E-state index < -0.39 is 0 Å². The molecule has 0 bridgehead atoms. The molecule has 1 aliphatic rings. The predicted molar refractivity (Wildman–Crippen MR) is 95.0 cm³/mol. The molecule has 1 aliphatic heterocycles. The number of aryl methyl sites for hydroxylation is 1. The molecule has 5 nitrogen and oxygen atoms in total. The SMILES string of the molecule is CC(=O)Nc1ncc(CN2CCCC(Cc3ncc(C)s3)C2)s1. The summed E-state index contributed by atoms with van der Waals surface area (Å²) in [6.45, 7) is 6.80. The van der Waals surface area contributed by atoms with Crippen LogP contribution in [-0.2, 0) is 17.8 Å². The Morgan fingerprint density at radius 3 is 3.00 bits per heavy atom. The van der Waals surface area contributed by atoms with Crippen LogP contribution in [0.3, 0.4) is 0 Å². The van der Waals surface area contributed by atoms with Crippen LogP contribution in [0.15, 0.2) is 12.4 Å². The van der Waals surface area contributed by atoms with Crippen molar-refractivity contribution in [2.75, 3.05) is 18.4 Å². The van der Waals surface area contributed by atoms with Gasteiger partial charge in [-0.05, 0) is 32.2 Å². The number of hydrogen-bond donors (Lipinski definition) is 1. The highest BCUT2D eigenvalue weighted by atomic mass is 32.1. The van der Waals surface area contributed by atoms with Crippen molar-refractivity contribution in [2.24, 2.45) is 5.92 Å². The van der Waals surface area contributed by atoms with Gasteiger partial charge in [-0.1, -0.05) is 0 Å². The number of anilines is 1. The lowest BCUT2D eigenvalue weighted by Gasteiger charge is -2.31. The molecule has 1 amide bonds. The van der Waals surface area contributed by atoms with Gasteiger partial charge in [0.25, 0.3) is 0 Å². The van der Waals surface area contributed by atoms with Gasteiger partial charge >= 0.3 is 0 Å². The minimum absolute atomic E-state index is 0.0670. The number of nitrogens with one attached hydrogen (secondary N) is 1. The fourth-order valence-corrected chi connectivity index (χ4v) is 4.82. The lowest BCUT2D eigenvalue weighted by atomic mass is 9.95.